The third-order valence-electron chi connectivity index (χ3n) is 6.68. The lowest BCUT2D eigenvalue weighted by molar-refractivity contribution is -0.0440. The molecule has 3 atom stereocenters. The average Bonchev–Trinajstić information content (AvgIpc) is 3.30. The molecule has 0 aromatic heterocycles. The van der Waals surface area contributed by atoms with E-state index in [2.05, 4.69) is 10.6 Å². The van der Waals surface area contributed by atoms with E-state index in [1.54, 1.807) is 11.0 Å². The minimum atomic E-state index is -0.805. The summed E-state index contributed by atoms with van der Waals surface area (Å²) in [6, 6.07) is 12.5. The molecule has 1 fully saturated rings. The van der Waals surface area contributed by atoms with Crippen molar-refractivity contribution >= 4 is 17.9 Å². The van der Waals surface area contributed by atoms with Crippen molar-refractivity contribution < 1.29 is 35.8 Å². The molecular weight excluding hydrogens is 505 g/mol. The minimum absolute atomic E-state index is 0. The zero-order valence-corrected chi connectivity index (χ0v) is 22.8. The molecule has 2 aromatic carbocycles. The van der Waals surface area contributed by atoms with Gasteiger partial charge in [-0.2, -0.15) is 0 Å². The summed E-state index contributed by atoms with van der Waals surface area (Å²) in [7, 11) is 1.49. The molecule has 1 saturated heterocycles. The molecule has 0 saturated carbocycles. The Kier molecular flexibility index (Phi) is 8.74. The highest BCUT2D eigenvalue weighted by molar-refractivity contribution is 6.02. The van der Waals surface area contributed by atoms with Gasteiger partial charge in [0.05, 0.1) is 30.7 Å². The molecule has 214 valence electrons. The first-order valence-electron chi connectivity index (χ1n) is 13.2. The Morgan fingerprint density at radius 3 is 2.56 bits per heavy atom. The predicted octanol–water partition coefficient (Wildman–Crippen LogP) is 4.16. The number of amides is 3. The van der Waals surface area contributed by atoms with Gasteiger partial charge in [0.1, 0.15) is 24.1 Å². The first-order valence-corrected chi connectivity index (χ1v) is 13.2. The SMILES string of the molecule is CNC(=O)c1cc(C(=O)NCC[C@@H]2CN(C(=O)OC(C)(C)C)CCO2)cc2c1OC(CF)[C@H]2c1ccccc1.[HH].[HH]. The van der Waals surface area contributed by atoms with Gasteiger partial charge in [-0.1, -0.05) is 30.3 Å². The molecule has 10 heteroatoms. The Hall–Kier alpha value is -3.66. The molecule has 2 aliphatic heterocycles. The second-order valence-electron chi connectivity index (χ2n) is 10.7. The van der Waals surface area contributed by atoms with Gasteiger partial charge in [0, 0.05) is 34.1 Å². The van der Waals surface area contributed by atoms with E-state index in [1.807, 2.05) is 51.1 Å². The van der Waals surface area contributed by atoms with E-state index in [-0.39, 0.29) is 32.1 Å². The first kappa shape index (κ1) is 28.4. The number of benzene rings is 2. The van der Waals surface area contributed by atoms with Gasteiger partial charge in [0.15, 0.2) is 0 Å². The third kappa shape index (κ3) is 6.68. The number of carbonyl (C=O) groups is 3. The number of ether oxygens (including phenoxy) is 3. The summed E-state index contributed by atoms with van der Waals surface area (Å²) in [5, 5.41) is 5.46. The lowest BCUT2D eigenvalue weighted by Crippen LogP contribution is -2.48. The molecule has 0 radical (unpaired) electrons. The summed E-state index contributed by atoms with van der Waals surface area (Å²) in [4.78, 5) is 39.9. The summed E-state index contributed by atoms with van der Waals surface area (Å²) in [5.74, 6) is -0.972. The number of nitrogens with one attached hydrogen (secondary N) is 2. The van der Waals surface area contributed by atoms with E-state index < -0.39 is 30.2 Å². The molecule has 4 rings (SSSR count). The quantitative estimate of drug-likeness (QED) is 0.541. The number of rotatable bonds is 7. The topological polar surface area (TPSA) is 106 Å². The molecule has 0 aliphatic carbocycles. The molecule has 2 aliphatic rings. The van der Waals surface area contributed by atoms with Gasteiger partial charge in [-0.05, 0) is 44.9 Å². The van der Waals surface area contributed by atoms with E-state index in [0.717, 1.165) is 5.56 Å². The van der Waals surface area contributed by atoms with Crippen LogP contribution in [0.3, 0.4) is 0 Å². The van der Waals surface area contributed by atoms with Gasteiger partial charge in [0.25, 0.3) is 11.8 Å². The molecule has 0 bridgehead atoms. The zero-order valence-electron chi connectivity index (χ0n) is 22.8. The van der Waals surface area contributed by atoms with E-state index in [0.29, 0.717) is 44.0 Å². The van der Waals surface area contributed by atoms with Crippen LogP contribution in [0, 0.1) is 0 Å². The smallest absolute Gasteiger partial charge is 0.410 e. The van der Waals surface area contributed by atoms with Gasteiger partial charge >= 0.3 is 6.09 Å². The Morgan fingerprint density at radius 2 is 1.90 bits per heavy atom. The summed E-state index contributed by atoms with van der Waals surface area (Å²) in [5.41, 5.74) is 1.30. The van der Waals surface area contributed by atoms with Crippen LogP contribution in [0.25, 0.3) is 0 Å². The molecule has 0 spiro atoms. The Balaban J connectivity index is 0.00000294. The van der Waals surface area contributed by atoms with Crippen LogP contribution in [-0.2, 0) is 9.47 Å². The molecule has 2 aromatic rings. The Morgan fingerprint density at radius 1 is 1.15 bits per heavy atom. The summed E-state index contributed by atoms with van der Waals surface area (Å²) in [6.45, 7) is 6.20. The van der Waals surface area contributed by atoms with Crippen LogP contribution in [0.1, 0.15) is 67.8 Å². The van der Waals surface area contributed by atoms with Gasteiger partial charge < -0.3 is 29.7 Å². The summed E-state index contributed by atoms with van der Waals surface area (Å²) in [6.07, 6.45) is -0.964. The van der Waals surface area contributed by atoms with E-state index >= 15 is 0 Å². The van der Waals surface area contributed by atoms with Crippen molar-refractivity contribution in [3.63, 3.8) is 0 Å². The van der Waals surface area contributed by atoms with Crippen LogP contribution < -0.4 is 15.4 Å². The number of halogens is 1. The van der Waals surface area contributed by atoms with Gasteiger partial charge in [-0.3, -0.25) is 9.59 Å². The maximum atomic E-state index is 14.0. The molecule has 39 heavy (non-hydrogen) atoms. The van der Waals surface area contributed by atoms with E-state index in [9.17, 15) is 18.8 Å². The number of fused-ring (bicyclic) bond motifs is 1. The van der Waals surface area contributed by atoms with Gasteiger partial charge in [0.2, 0.25) is 0 Å². The van der Waals surface area contributed by atoms with Crippen LogP contribution >= 0.6 is 0 Å². The maximum absolute atomic E-state index is 14.0. The normalized spacial score (nSPS) is 20.5. The highest BCUT2D eigenvalue weighted by atomic mass is 19.1. The molecule has 2 N–H and O–H groups in total. The van der Waals surface area contributed by atoms with Crippen molar-refractivity contribution in [3.8, 4) is 5.75 Å². The lowest BCUT2D eigenvalue weighted by atomic mass is 9.86. The van der Waals surface area contributed by atoms with Crippen molar-refractivity contribution in [2.24, 2.45) is 0 Å². The largest absolute Gasteiger partial charge is 0.486 e. The standard InChI is InChI=1S/C29H36FN3O6.2H2/c1-29(2,3)39-28(36)33-12-13-37-20(17-33)10-11-32-26(34)19-14-21-24(18-8-6-5-7-9-18)23(16-30)38-25(21)22(15-19)27(35)31-4;;/h5-9,14-15,20,23-24H,10-13,16-17H2,1-4H3,(H,31,35)(H,32,34);2*1H/t20-,23?,24+;;/m1../s1. The molecule has 9 nitrogen and oxygen atoms in total. The second-order valence-corrected chi connectivity index (χ2v) is 10.7. The second kappa shape index (κ2) is 12.0. The minimum Gasteiger partial charge on any atom is -0.486 e. The Labute approximate surface area is 231 Å². The van der Waals surface area contributed by atoms with Gasteiger partial charge in [-0.15, -0.1) is 0 Å². The lowest BCUT2D eigenvalue weighted by Gasteiger charge is -2.34. The summed E-state index contributed by atoms with van der Waals surface area (Å²) >= 11 is 0. The van der Waals surface area contributed by atoms with Crippen molar-refractivity contribution in [2.75, 3.05) is 40.0 Å². The fourth-order valence-electron chi connectivity index (χ4n) is 4.88. The van der Waals surface area contributed by atoms with Crippen LogP contribution in [-0.4, -0.2) is 80.6 Å². The zero-order chi connectivity index (χ0) is 28.2. The molecule has 1 unspecified atom stereocenters. The van der Waals surface area contributed by atoms with Crippen LogP contribution in [0.5, 0.6) is 5.75 Å². The van der Waals surface area contributed by atoms with Crippen molar-refractivity contribution in [1.29, 1.82) is 0 Å². The fourth-order valence-corrected chi connectivity index (χ4v) is 4.88. The number of nitrogens with zero attached hydrogens (tertiary/aromatic N) is 1. The third-order valence-corrected chi connectivity index (χ3v) is 6.68. The number of morpholine rings is 1. The monoisotopic (exact) mass is 545 g/mol. The fraction of sp³-hybridized carbons (Fsp3) is 0.483. The molecular formula is C29H40FN3O6. The van der Waals surface area contributed by atoms with Crippen molar-refractivity contribution in [3.05, 3.63) is 64.7 Å². The molecule has 2 heterocycles. The van der Waals surface area contributed by atoms with Crippen LogP contribution in [0.15, 0.2) is 42.5 Å². The Bertz CT molecular complexity index is 1210. The number of alkyl halides is 1. The maximum Gasteiger partial charge on any atom is 0.410 e. The van der Waals surface area contributed by atoms with Gasteiger partial charge in [-0.25, -0.2) is 9.18 Å². The highest BCUT2D eigenvalue weighted by Crippen LogP contribution is 2.45. The van der Waals surface area contributed by atoms with E-state index in [4.69, 9.17) is 14.2 Å². The number of carbonyl (C=O) groups excluding carboxylic acids is 3. The average molecular weight is 546 g/mol. The first-order chi connectivity index (χ1) is 18.6. The van der Waals surface area contributed by atoms with Crippen molar-refractivity contribution in [2.45, 2.75) is 50.9 Å². The van der Waals surface area contributed by atoms with Crippen LogP contribution in [0.4, 0.5) is 9.18 Å². The van der Waals surface area contributed by atoms with Crippen LogP contribution in [0.2, 0.25) is 0 Å². The summed E-state index contributed by atoms with van der Waals surface area (Å²) < 4.78 is 31.2. The number of hydrogen-bond donors (Lipinski definition) is 2. The van der Waals surface area contributed by atoms with E-state index in [1.165, 1.54) is 13.1 Å². The number of hydrogen-bond acceptors (Lipinski definition) is 6. The predicted molar refractivity (Wildman–Crippen MR) is 147 cm³/mol. The highest BCUT2D eigenvalue weighted by Gasteiger charge is 2.39. The van der Waals surface area contributed by atoms with Crippen molar-refractivity contribution in [1.82, 2.24) is 15.5 Å². The molecule has 3 amide bonds.